The van der Waals surface area contributed by atoms with Crippen LogP contribution in [0.3, 0.4) is 0 Å². The molecule has 0 bridgehead atoms. The summed E-state index contributed by atoms with van der Waals surface area (Å²) in [5, 5.41) is 14.4. The van der Waals surface area contributed by atoms with Gasteiger partial charge in [0.15, 0.2) is 0 Å². The minimum atomic E-state index is -0.332. The molecule has 6 heteroatoms. The molecule has 1 fully saturated rings. The molecule has 1 atom stereocenters. The van der Waals surface area contributed by atoms with Crippen LogP contribution < -0.4 is 5.32 Å². The normalized spacial score (nSPS) is 21.8. The monoisotopic (exact) mass is 298 g/mol. The number of rotatable bonds is 6. The Morgan fingerprint density at radius 3 is 2.85 bits per heavy atom. The summed E-state index contributed by atoms with van der Waals surface area (Å²) < 4.78 is 5.96. The van der Waals surface area contributed by atoms with Crippen molar-refractivity contribution in [3.63, 3.8) is 0 Å². The van der Waals surface area contributed by atoms with Crippen molar-refractivity contribution in [3.8, 4) is 0 Å². The number of nitro groups is 1. The molecule has 0 amide bonds. The van der Waals surface area contributed by atoms with E-state index in [0.29, 0.717) is 12.6 Å². The first-order chi connectivity index (χ1) is 9.58. The fraction of sp³-hybridized carbons (Fsp3) is 0.714. The fourth-order valence-electron chi connectivity index (χ4n) is 2.75. The second kappa shape index (κ2) is 6.65. The van der Waals surface area contributed by atoms with E-state index in [2.05, 4.69) is 19.2 Å². The van der Waals surface area contributed by atoms with E-state index in [0.717, 1.165) is 37.2 Å². The van der Waals surface area contributed by atoms with Crippen molar-refractivity contribution >= 4 is 16.3 Å². The van der Waals surface area contributed by atoms with E-state index in [9.17, 15) is 10.1 Å². The molecule has 0 aliphatic carbocycles. The van der Waals surface area contributed by atoms with Gasteiger partial charge in [-0.25, -0.2) is 0 Å². The Hall–Kier alpha value is -0.980. The SMILES string of the molecule is CCC1(CC)CC(NCc2ccc([N+](=O)[O-])s2)CCO1. The summed E-state index contributed by atoms with van der Waals surface area (Å²) >= 11 is 1.25. The van der Waals surface area contributed by atoms with Gasteiger partial charge < -0.3 is 10.1 Å². The third kappa shape index (κ3) is 3.56. The minimum absolute atomic E-state index is 0.0113. The van der Waals surface area contributed by atoms with Crippen LogP contribution in [-0.4, -0.2) is 23.2 Å². The van der Waals surface area contributed by atoms with Crippen molar-refractivity contribution in [2.75, 3.05) is 6.61 Å². The molecule has 0 saturated carbocycles. The van der Waals surface area contributed by atoms with E-state index in [-0.39, 0.29) is 15.5 Å². The molecule has 2 heterocycles. The van der Waals surface area contributed by atoms with Gasteiger partial charge in [0, 0.05) is 30.1 Å². The average Bonchev–Trinajstić information content (AvgIpc) is 2.94. The number of hydrogen-bond acceptors (Lipinski definition) is 5. The smallest absolute Gasteiger partial charge is 0.324 e. The molecule has 0 spiro atoms. The minimum Gasteiger partial charge on any atom is -0.375 e. The van der Waals surface area contributed by atoms with Crippen LogP contribution in [0.15, 0.2) is 12.1 Å². The maximum atomic E-state index is 10.7. The van der Waals surface area contributed by atoms with E-state index in [1.54, 1.807) is 6.07 Å². The maximum Gasteiger partial charge on any atom is 0.324 e. The number of nitrogens with zero attached hydrogens (tertiary/aromatic N) is 1. The lowest BCUT2D eigenvalue weighted by molar-refractivity contribution is -0.380. The van der Waals surface area contributed by atoms with Gasteiger partial charge in [0.2, 0.25) is 0 Å². The highest BCUT2D eigenvalue weighted by Crippen LogP contribution is 2.32. The molecule has 1 aromatic rings. The predicted octanol–water partition coefficient (Wildman–Crippen LogP) is 3.48. The van der Waals surface area contributed by atoms with Gasteiger partial charge in [-0.15, -0.1) is 0 Å². The highest BCUT2D eigenvalue weighted by Gasteiger charge is 2.34. The highest BCUT2D eigenvalue weighted by molar-refractivity contribution is 7.15. The van der Waals surface area contributed by atoms with E-state index in [4.69, 9.17) is 4.74 Å². The quantitative estimate of drug-likeness (QED) is 0.645. The van der Waals surface area contributed by atoms with Crippen LogP contribution in [0.4, 0.5) is 5.00 Å². The first-order valence-electron chi connectivity index (χ1n) is 7.19. The molecule has 5 nitrogen and oxygen atoms in total. The number of hydrogen-bond donors (Lipinski definition) is 1. The second-order valence-corrected chi connectivity index (χ2v) is 6.45. The van der Waals surface area contributed by atoms with Gasteiger partial charge in [-0.05, 0) is 31.7 Å². The lowest BCUT2D eigenvalue weighted by atomic mass is 9.86. The summed E-state index contributed by atoms with van der Waals surface area (Å²) in [7, 11) is 0. The molecule has 1 aromatic heterocycles. The lowest BCUT2D eigenvalue weighted by Crippen LogP contribution is -2.46. The topological polar surface area (TPSA) is 64.4 Å². The third-order valence-electron chi connectivity index (χ3n) is 4.17. The van der Waals surface area contributed by atoms with Gasteiger partial charge in [0.25, 0.3) is 0 Å². The highest BCUT2D eigenvalue weighted by atomic mass is 32.1. The van der Waals surface area contributed by atoms with Crippen molar-refractivity contribution in [2.24, 2.45) is 0 Å². The standard InChI is InChI=1S/C14H22N2O3S/c1-3-14(4-2)9-11(7-8-19-14)15-10-12-5-6-13(20-12)16(17)18/h5-6,11,15H,3-4,7-10H2,1-2H3. The zero-order valence-corrected chi connectivity index (χ0v) is 12.9. The van der Waals surface area contributed by atoms with Crippen molar-refractivity contribution in [2.45, 2.75) is 57.7 Å². The summed E-state index contributed by atoms with van der Waals surface area (Å²) in [6.07, 6.45) is 4.10. The summed E-state index contributed by atoms with van der Waals surface area (Å²) in [5.41, 5.74) is 0.0113. The Kier molecular flexibility index (Phi) is 5.12. The van der Waals surface area contributed by atoms with Gasteiger partial charge >= 0.3 is 5.00 Å². The number of nitrogens with one attached hydrogen (secondary N) is 1. The molecule has 2 rings (SSSR count). The summed E-state index contributed by atoms with van der Waals surface area (Å²) in [6, 6.07) is 3.85. The molecule has 0 radical (unpaired) electrons. The molecule has 1 aliphatic heterocycles. The molecule has 0 aromatic carbocycles. The molecule has 1 saturated heterocycles. The number of ether oxygens (including phenoxy) is 1. The molecular weight excluding hydrogens is 276 g/mol. The largest absolute Gasteiger partial charge is 0.375 e. The third-order valence-corrected chi connectivity index (χ3v) is 5.21. The van der Waals surface area contributed by atoms with Crippen LogP contribution in [0.25, 0.3) is 0 Å². The van der Waals surface area contributed by atoms with E-state index in [1.807, 2.05) is 6.07 Å². The van der Waals surface area contributed by atoms with Crippen molar-refractivity contribution < 1.29 is 9.66 Å². The Morgan fingerprint density at radius 2 is 2.25 bits per heavy atom. The van der Waals surface area contributed by atoms with Crippen LogP contribution in [0.2, 0.25) is 0 Å². The summed E-state index contributed by atoms with van der Waals surface area (Å²) in [6.45, 7) is 5.85. The zero-order valence-electron chi connectivity index (χ0n) is 12.1. The zero-order chi connectivity index (χ0) is 14.6. The lowest BCUT2D eigenvalue weighted by Gasteiger charge is -2.40. The van der Waals surface area contributed by atoms with Crippen LogP contribution in [0, 0.1) is 10.1 Å². The Morgan fingerprint density at radius 1 is 1.50 bits per heavy atom. The van der Waals surface area contributed by atoms with Crippen LogP contribution in [-0.2, 0) is 11.3 Å². The fourth-order valence-corrected chi connectivity index (χ4v) is 3.52. The Bertz CT molecular complexity index is 457. The predicted molar refractivity (Wildman–Crippen MR) is 80.1 cm³/mol. The Labute approximate surface area is 123 Å². The maximum absolute atomic E-state index is 10.7. The van der Waals surface area contributed by atoms with E-state index >= 15 is 0 Å². The van der Waals surface area contributed by atoms with E-state index in [1.165, 1.54) is 11.3 Å². The molecule has 1 N–H and O–H groups in total. The van der Waals surface area contributed by atoms with Crippen LogP contribution in [0.5, 0.6) is 0 Å². The van der Waals surface area contributed by atoms with Gasteiger partial charge in [-0.1, -0.05) is 25.2 Å². The molecule has 20 heavy (non-hydrogen) atoms. The van der Waals surface area contributed by atoms with Crippen molar-refractivity contribution in [1.29, 1.82) is 0 Å². The number of thiophene rings is 1. The van der Waals surface area contributed by atoms with Gasteiger partial charge in [-0.2, -0.15) is 0 Å². The van der Waals surface area contributed by atoms with Gasteiger partial charge in [0.1, 0.15) is 0 Å². The molecule has 112 valence electrons. The summed E-state index contributed by atoms with van der Waals surface area (Å²) in [5.74, 6) is 0. The Balaban J connectivity index is 1.88. The molecule has 1 aliphatic rings. The van der Waals surface area contributed by atoms with Crippen molar-refractivity contribution in [3.05, 3.63) is 27.1 Å². The first kappa shape index (κ1) is 15.4. The van der Waals surface area contributed by atoms with Gasteiger partial charge in [0.05, 0.1) is 10.5 Å². The van der Waals surface area contributed by atoms with E-state index < -0.39 is 0 Å². The average molecular weight is 298 g/mol. The summed E-state index contributed by atoms with van der Waals surface area (Å²) in [4.78, 5) is 11.3. The molecule has 1 unspecified atom stereocenters. The van der Waals surface area contributed by atoms with Crippen LogP contribution >= 0.6 is 11.3 Å². The van der Waals surface area contributed by atoms with Crippen LogP contribution in [0.1, 0.15) is 44.4 Å². The molecular formula is C14H22N2O3S. The van der Waals surface area contributed by atoms with Crippen molar-refractivity contribution in [1.82, 2.24) is 5.32 Å². The first-order valence-corrected chi connectivity index (χ1v) is 8.00. The second-order valence-electron chi connectivity index (χ2n) is 5.31. The van der Waals surface area contributed by atoms with Gasteiger partial charge in [-0.3, -0.25) is 10.1 Å².